The molecule has 1 atom stereocenters. The van der Waals surface area contributed by atoms with Gasteiger partial charge >= 0.3 is 0 Å². The Morgan fingerprint density at radius 1 is 1.54 bits per heavy atom. The molecule has 0 bridgehead atoms. The Bertz CT molecular complexity index is 362. The molecule has 1 heterocycles. The first-order valence-electron chi connectivity index (χ1n) is 4.32. The third kappa shape index (κ3) is 1.31. The van der Waals surface area contributed by atoms with Crippen LogP contribution in [0.4, 0.5) is 5.69 Å². The lowest BCUT2D eigenvalue weighted by Gasteiger charge is -2.03. The van der Waals surface area contributed by atoms with Crippen LogP contribution in [0.3, 0.4) is 0 Å². The molecule has 2 nitrogen and oxygen atoms in total. The molecule has 1 N–H and O–H groups in total. The van der Waals surface area contributed by atoms with Crippen molar-refractivity contribution in [2.45, 2.75) is 19.3 Å². The van der Waals surface area contributed by atoms with Gasteiger partial charge in [0.15, 0.2) is 0 Å². The Balaban J connectivity index is 2.48. The van der Waals surface area contributed by atoms with Crippen molar-refractivity contribution in [1.82, 2.24) is 0 Å². The number of benzene rings is 1. The molecule has 0 saturated heterocycles. The molecular formula is C10H10ClNO. The summed E-state index contributed by atoms with van der Waals surface area (Å²) in [5.41, 5.74) is 1.93. The van der Waals surface area contributed by atoms with E-state index in [0.717, 1.165) is 17.7 Å². The number of nitrogens with one attached hydrogen (secondary N) is 1. The van der Waals surface area contributed by atoms with E-state index in [-0.39, 0.29) is 11.8 Å². The minimum absolute atomic E-state index is 0.00673. The normalized spacial score (nSPS) is 19.8. The van der Waals surface area contributed by atoms with Crippen LogP contribution in [-0.2, 0) is 4.79 Å². The van der Waals surface area contributed by atoms with E-state index in [1.165, 1.54) is 0 Å². The zero-order valence-corrected chi connectivity index (χ0v) is 8.06. The van der Waals surface area contributed by atoms with Gasteiger partial charge in [-0.05, 0) is 24.1 Å². The fourth-order valence-electron chi connectivity index (χ4n) is 1.71. The molecular weight excluding hydrogens is 186 g/mol. The number of amides is 1. The van der Waals surface area contributed by atoms with Crippen molar-refractivity contribution in [3.05, 3.63) is 28.8 Å². The molecule has 1 aromatic carbocycles. The monoisotopic (exact) mass is 195 g/mol. The average molecular weight is 196 g/mol. The largest absolute Gasteiger partial charge is 0.325 e. The van der Waals surface area contributed by atoms with Crippen molar-refractivity contribution in [3.63, 3.8) is 0 Å². The van der Waals surface area contributed by atoms with E-state index in [1.807, 2.05) is 19.1 Å². The Kier molecular flexibility index (Phi) is 2.00. The van der Waals surface area contributed by atoms with Gasteiger partial charge in [0.2, 0.25) is 5.91 Å². The molecule has 1 aliphatic rings. The summed E-state index contributed by atoms with van der Waals surface area (Å²) in [7, 11) is 0. The standard InChI is InChI=1S/C10H10ClNO/c1-2-7-8-4-3-6(11)5-9(8)12-10(7)13/h3-5,7H,2H2,1H3,(H,12,13). The number of anilines is 1. The van der Waals surface area contributed by atoms with E-state index in [2.05, 4.69) is 5.32 Å². The highest BCUT2D eigenvalue weighted by Crippen LogP contribution is 2.35. The Hall–Kier alpha value is -1.02. The second-order valence-corrected chi connectivity index (χ2v) is 3.62. The predicted octanol–water partition coefficient (Wildman–Crippen LogP) is 2.79. The Morgan fingerprint density at radius 2 is 2.31 bits per heavy atom. The van der Waals surface area contributed by atoms with E-state index in [9.17, 15) is 4.79 Å². The van der Waals surface area contributed by atoms with Gasteiger partial charge in [-0.15, -0.1) is 0 Å². The van der Waals surface area contributed by atoms with Crippen molar-refractivity contribution in [3.8, 4) is 0 Å². The van der Waals surface area contributed by atoms with Crippen LogP contribution in [0.15, 0.2) is 18.2 Å². The van der Waals surface area contributed by atoms with Crippen LogP contribution < -0.4 is 5.32 Å². The Labute approximate surface area is 81.9 Å². The average Bonchev–Trinajstić information content (AvgIpc) is 2.39. The molecule has 0 aromatic heterocycles. The minimum Gasteiger partial charge on any atom is -0.325 e. The van der Waals surface area contributed by atoms with Crippen LogP contribution in [0.5, 0.6) is 0 Å². The zero-order valence-electron chi connectivity index (χ0n) is 7.30. The van der Waals surface area contributed by atoms with Crippen LogP contribution in [0.25, 0.3) is 0 Å². The van der Waals surface area contributed by atoms with E-state index in [0.29, 0.717) is 5.02 Å². The zero-order chi connectivity index (χ0) is 9.42. The maximum absolute atomic E-state index is 11.4. The third-order valence-corrected chi connectivity index (χ3v) is 2.61. The van der Waals surface area contributed by atoms with Gasteiger partial charge in [0.05, 0.1) is 5.92 Å². The summed E-state index contributed by atoms with van der Waals surface area (Å²) in [6.45, 7) is 2.01. The SMILES string of the molecule is CCC1C(=O)Nc2cc(Cl)ccc21. The quantitative estimate of drug-likeness (QED) is 0.734. The first-order valence-corrected chi connectivity index (χ1v) is 4.70. The fourth-order valence-corrected chi connectivity index (χ4v) is 1.88. The van der Waals surface area contributed by atoms with E-state index in [1.54, 1.807) is 6.07 Å². The molecule has 3 heteroatoms. The van der Waals surface area contributed by atoms with Crippen molar-refractivity contribution >= 4 is 23.2 Å². The highest BCUT2D eigenvalue weighted by Gasteiger charge is 2.28. The predicted molar refractivity (Wildman–Crippen MR) is 53.1 cm³/mol. The van der Waals surface area contributed by atoms with E-state index >= 15 is 0 Å². The smallest absolute Gasteiger partial charge is 0.231 e. The third-order valence-electron chi connectivity index (χ3n) is 2.37. The molecule has 0 radical (unpaired) electrons. The van der Waals surface area contributed by atoms with Gasteiger partial charge in [0.25, 0.3) is 0 Å². The van der Waals surface area contributed by atoms with Crippen LogP contribution >= 0.6 is 11.6 Å². The lowest BCUT2D eigenvalue weighted by molar-refractivity contribution is -0.117. The number of carbonyl (C=O) groups excluding carboxylic acids is 1. The fraction of sp³-hybridized carbons (Fsp3) is 0.300. The van der Waals surface area contributed by atoms with Gasteiger partial charge in [0, 0.05) is 10.7 Å². The molecule has 0 fully saturated rings. The van der Waals surface area contributed by atoms with Gasteiger partial charge in [-0.1, -0.05) is 24.6 Å². The van der Waals surface area contributed by atoms with Gasteiger partial charge in [0.1, 0.15) is 0 Å². The second kappa shape index (κ2) is 3.04. The Morgan fingerprint density at radius 3 is 3.00 bits per heavy atom. The summed E-state index contributed by atoms with van der Waals surface area (Å²) in [6.07, 6.45) is 0.834. The lowest BCUT2D eigenvalue weighted by atomic mass is 9.98. The number of carbonyl (C=O) groups is 1. The molecule has 1 aliphatic heterocycles. The van der Waals surface area contributed by atoms with E-state index < -0.39 is 0 Å². The molecule has 0 spiro atoms. The van der Waals surface area contributed by atoms with E-state index in [4.69, 9.17) is 11.6 Å². The van der Waals surface area contributed by atoms with Crippen LogP contribution in [-0.4, -0.2) is 5.91 Å². The summed E-state index contributed by atoms with van der Waals surface area (Å²) in [6, 6.07) is 5.54. The van der Waals surface area contributed by atoms with Crippen LogP contribution in [0.2, 0.25) is 5.02 Å². The number of hydrogen-bond donors (Lipinski definition) is 1. The number of halogens is 1. The maximum Gasteiger partial charge on any atom is 0.231 e. The maximum atomic E-state index is 11.4. The van der Waals surface area contributed by atoms with Crippen LogP contribution in [0, 0.1) is 0 Å². The second-order valence-electron chi connectivity index (χ2n) is 3.18. The van der Waals surface area contributed by atoms with Crippen molar-refractivity contribution < 1.29 is 4.79 Å². The summed E-state index contributed by atoms with van der Waals surface area (Å²) in [4.78, 5) is 11.4. The first kappa shape index (κ1) is 8.57. The van der Waals surface area contributed by atoms with Crippen LogP contribution in [0.1, 0.15) is 24.8 Å². The minimum atomic E-state index is 0.00673. The van der Waals surface area contributed by atoms with Crippen molar-refractivity contribution in [1.29, 1.82) is 0 Å². The van der Waals surface area contributed by atoms with Crippen molar-refractivity contribution in [2.75, 3.05) is 5.32 Å². The number of rotatable bonds is 1. The number of fused-ring (bicyclic) bond motifs is 1. The molecule has 68 valence electrons. The molecule has 2 rings (SSSR count). The summed E-state index contributed by atoms with van der Waals surface area (Å²) < 4.78 is 0. The molecule has 0 aliphatic carbocycles. The van der Waals surface area contributed by atoms with Gasteiger partial charge in [-0.25, -0.2) is 0 Å². The summed E-state index contributed by atoms with van der Waals surface area (Å²) in [5, 5.41) is 3.48. The van der Waals surface area contributed by atoms with Gasteiger partial charge in [-0.2, -0.15) is 0 Å². The molecule has 0 saturated carbocycles. The molecule has 1 unspecified atom stereocenters. The summed E-state index contributed by atoms with van der Waals surface area (Å²) in [5.74, 6) is 0.0898. The number of hydrogen-bond acceptors (Lipinski definition) is 1. The van der Waals surface area contributed by atoms with Gasteiger partial charge < -0.3 is 5.32 Å². The highest BCUT2D eigenvalue weighted by molar-refractivity contribution is 6.31. The first-order chi connectivity index (χ1) is 6.22. The molecule has 1 aromatic rings. The highest BCUT2D eigenvalue weighted by atomic mass is 35.5. The molecule has 1 amide bonds. The van der Waals surface area contributed by atoms with Gasteiger partial charge in [-0.3, -0.25) is 4.79 Å². The topological polar surface area (TPSA) is 29.1 Å². The van der Waals surface area contributed by atoms with Crippen molar-refractivity contribution in [2.24, 2.45) is 0 Å². The summed E-state index contributed by atoms with van der Waals surface area (Å²) >= 11 is 5.81. The molecule has 13 heavy (non-hydrogen) atoms. The lowest BCUT2D eigenvalue weighted by Crippen LogP contribution is -2.10.